The highest BCUT2D eigenvalue weighted by Crippen LogP contribution is 2.57. The Morgan fingerprint density at radius 3 is 1.89 bits per heavy atom. The van der Waals surface area contributed by atoms with E-state index in [-0.39, 0.29) is 28.3 Å². The monoisotopic (exact) mass is 495 g/mol. The first-order chi connectivity index (χ1) is 16.3. The predicted octanol–water partition coefficient (Wildman–Crippen LogP) is 6.43. The van der Waals surface area contributed by atoms with Crippen molar-refractivity contribution in [2.24, 2.45) is 23.2 Å². The summed E-state index contributed by atoms with van der Waals surface area (Å²) in [5, 5.41) is 23.7. The van der Waals surface area contributed by atoms with Crippen LogP contribution in [0.1, 0.15) is 131 Å². The van der Waals surface area contributed by atoms with Crippen LogP contribution in [0.2, 0.25) is 0 Å². The maximum absolute atomic E-state index is 13.1. The summed E-state index contributed by atoms with van der Waals surface area (Å²) in [6.45, 7) is 12.2. The Kier molecular flexibility index (Phi) is 12.8. The molecule has 1 saturated carbocycles. The zero-order chi connectivity index (χ0) is 26.9. The Morgan fingerprint density at radius 1 is 0.971 bits per heavy atom. The van der Waals surface area contributed by atoms with E-state index < -0.39 is 22.9 Å². The van der Waals surface area contributed by atoms with Crippen LogP contribution in [0.3, 0.4) is 0 Å². The summed E-state index contributed by atoms with van der Waals surface area (Å²) in [6, 6.07) is 0.0215. The normalized spacial score (nSPS) is 25.9. The van der Waals surface area contributed by atoms with Gasteiger partial charge < -0.3 is 19.5 Å². The number of carboxylic acids is 2. The number of hydrogen-bond acceptors (Lipinski definition) is 3. The van der Waals surface area contributed by atoms with Gasteiger partial charge >= 0.3 is 5.97 Å². The number of likely N-dealkylation sites (N-methyl/N-ethyl adjacent to an activating group) is 1. The van der Waals surface area contributed by atoms with Crippen LogP contribution < -0.4 is 5.11 Å². The second-order valence-corrected chi connectivity index (χ2v) is 12.7. The second kappa shape index (κ2) is 14.0. The number of carbonyl (C=O) groups excluding carboxylic acids is 1. The Hall–Kier alpha value is -1.10. The van der Waals surface area contributed by atoms with Gasteiger partial charge in [0.15, 0.2) is 5.54 Å². The van der Waals surface area contributed by atoms with Crippen LogP contribution in [0, 0.1) is 23.2 Å². The largest absolute Gasteiger partial charge is 0.544 e. The molecule has 0 aromatic heterocycles. The Labute approximate surface area is 216 Å². The first-order valence-electron chi connectivity index (χ1n) is 14.6. The van der Waals surface area contributed by atoms with Crippen molar-refractivity contribution < 1.29 is 24.3 Å². The fraction of sp³-hybridized carbons (Fsp3) is 0.933. The van der Waals surface area contributed by atoms with Crippen molar-refractivity contribution in [2.45, 2.75) is 143 Å². The van der Waals surface area contributed by atoms with Gasteiger partial charge in [-0.1, -0.05) is 91.9 Å². The number of carbonyl (C=O) groups is 2. The molecule has 5 unspecified atom stereocenters. The van der Waals surface area contributed by atoms with E-state index in [0.717, 1.165) is 32.1 Å². The number of unbranched alkanes of at least 4 members (excludes halogenated alkanes) is 9. The number of hydrogen-bond donors (Lipinski definition) is 1. The lowest BCUT2D eigenvalue weighted by molar-refractivity contribution is -0.961. The maximum atomic E-state index is 13.1. The summed E-state index contributed by atoms with van der Waals surface area (Å²) in [7, 11) is 3.86. The topological polar surface area (TPSA) is 77.4 Å². The van der Waals surface area contributed by atoms with Gasteiger partial charge in [0.2, 0.25) is 0 Å². The summed E-state index contributed by atoms with van der Waals surface area (Å²) in [4.78, 5) is 26.1. The Balaban J connectivity index is 2.97. The van der Waals surface area contributed by atoms with Crippen LogP contribution in [-0.2, 0) is 9.59 Å². The van der Waals surface area contributed by atoms with E-state index >= 15 is 0 Å². The zero-order valence-corrected chi connectivity index (χ0v) is 24.3. The molecule has 0 aromatic rings. The highest BCUT2D eigenvalue weighted by atomic mass is 16.4. The minimum absolute atomic E-state index is 0.0215. The van der Waals surface area contributed by atoms with Crippen LogP contribution in [0.15, 0.2) is 0 Å². The molecule has 0 heterocycles. The minimum Gasteiger partial charge on any atom is -0.544 e. The summed E-state index contributed by atoms with van der Waals surface area (Å²) >= 11 is 0. The van der Waals surface area contributed by atoms with Gasteiger partial charge in [-0.25, -0.2) is 0 Å². The molecule has 1 aliphatic rings. The number of carboxylic acid groups (broad SMARTS) is 2. The van der Waals surface area contributed by atoms with E-state index in [9.17, 15) is 19.8 Å². The molecule has 1 aliphatic carbocycles. The maximum Gasteiger partial charge on any atom is 0.316 e. The fourth-order valence-corrected chi connectivity index (χ4v) is 7.05. The molecule has 1 N–H and O–H groups in total. The Morgan fingerprint density at radius 2 is 1.46 bits per heavy atom. The van der Waals surface area contributed by atoms with Crippen molar-refractivity contribution in [1.82, 2.24) is 0 Å². The van der Waals surface area contributed by atoms with E-state index in [1.54, 1.807) is 6.92 Å². The first-order valence-corrected chi connectivity index (χ1v) is 14.6. The van der Waals surface area contributed by atoms with E-state index in [1.807, 2.05) is 27.9 Å². The van der Waals surface area contributed by atoms with Crippen molar-refractivity contribution in [2.75, 3.05) is 14.1 Å². The second-order valence-electron chi connectivity index (χ2n) is 12.7. The third-order valence-corrected chi connectivity index (χ3v) is 9.96. The van der Waals surface area contributed by atoms with Crippen molar-refractivity contribution in [3.05, 3.63) is 0 Å². The molecule has 0 amide bonds. The van der Waals surface area contributed by atoms with Crippen molar-refractivity contribution in [3.8, 4) is 0 Å². The van der Waals surface area contributed by atoms with E-state index in [2.05, 4.69) is 20.8 Å². The number of aliphatic carboxylic acids is 2. The van der Waals surface area contributed by atoms with E-state index in [1.165, 1.54) is 51.4 Å². The molecule has 0 aliphatic heterocycles. The third-order valence-electron chi connectivity index (χ3n) is 9.96. The molecule has 5 nitrogen and oxygen atoms in total. The molecule has 5 heteroatoms. The van der Waals surface area contributed by atoms with Gasteiger partial charge in [0.05, 0.1) is 20.1 Å². The van der Waals surface area contributed by atoms with Gasteiger partial charge in [0, 0.05) is 0 Å². The molecular weight excluding hydrogens is 438 g/mol. The van der Waals surface area contributed by atoms with E-state index in [0.29, 0.717) is 6.42 Å². The lowest BCUT2D eigenvalue weighted by atomic mass is 9.51. The lowest BCUT2D eigenvalue weighted by Gasteiger charge is -2.62. The highest BCUT2D eigenvalue weighted by Gasteiger charge is 2.69. The molecule has 0 saturated heterocycles. The van der Waals surface area contributed by atoms with Crippen LogP contribution in [-0.4, -0.2) is 47.2 Å². The van der Waals surface area contributed by atoms with Gasteiger partial charge in [-0.05, 0) is 57.3 Å². The molecule has 206 valence electrons. The standard InChI is InChI=1S/C30H57NO4/c1-9-10-11-12-13-14-15-16-17-18-19-25(5)31(7,8)29(6,27(32)33)30(28(34)35)22-24(4)20-21-26(30)23(2)3/h23-26H,9-22H2,1-8H3,(H-,32,33,34,35). The van der Waals surface area contributed by atoms with Crippen LogP contribution >= 0.6 is 0 Å². The molecule has 35 heavy (non-hydrogen) atoms. The van der Waals surface area contributed by atoms with Crippen molar-refractivity contribution >= 4 is 11.9 Å². The number of nitrogens with zero attached hydrogens (tertiary/aromatic N) is 1. The lowest BCUT2D eigenvalue weighted by Crippen LogP contribution is -2.79. The quantitative estimate of drug-likeness (QED) is 0.186. The van der Waals surface area contributed by atoms with Gasteiger partial charge in [-0.3, -0.25) is 4.79 Å². The predicted molar refractivity (Wildman–Crippen MR) is 143 cm³/mol. The highest BCUT2D eigenvalue weighted by molar-refractivity contribution is 5.88. The molecule has 1 rings (SSSR count). The molecule has 1 fully saturated rings. The molecule has 0 radical (unpaired) electrons. The molecule has 0 bridgehead atoms. The SMILES string of the molecule is CCCCCCCCCCCCC(C)[N+](C)(C)C(C)(C(=O)[O-])C1(C(=O)O)CC(C)CCC1C(C)C. The summed E-state index contributed by atoms with van der Waals surface area (Å²) in [5.74, 6) is -2.11. The van der Waals surface area contributed by atoms with Crippen molar-refractivity contribution in [3.63, 3.8) is 0 Å². The average molecular weight is 496 g/mol. The van der Waals surface area contributed by atoms with Gasteiger partial charge in [-0.2, -0.15) is 0 Å². The van der Waals surface area contributed by atoms with Gasteiger partial charge in [0.25, 0.3) is 0 Å². The first kappa shape index (κ1) is 31.9. The molecule has 0 spiro atoms. The minimum atomic E-state index is -1.53. The molecule has 5 atom stereocenters. The number of quaternary nitrogens is 1. The summed E-state index contributed by atoms with van der Waals surface area (Å²) in [5.41, 5.74) is -2.88. The summed E-state index contributed by atoms with van der Waals surface area (Å²) in [6.07, 6.45) is 15.6. The van der Waals surface area contributed by atoms with Gasteiger partial charge in [0.1, 0.15) is 11.4 Å². The van der Waals surface area contributed by atoms with Crippen LogP contribution in [0.4, 0.5) is 0 Å². The molecular formula is C30H57NO4. The van der Waals surface area contributed by atoms with E-state index in [4.69, 9.17) is 0 Å². The average Bonchev–Trinajstić information content (AvgIpc) is 2.78. The van der Waals surface area contributed by atoms with Gasteiger partial charge in [-0.15, -0.1) is 0 Å². The van der Waals surface area contributed by atoms with Crippen LogP contribution in [0.5, 0.6) is 0 Å². The van der Waals surface area contributed by atoms with Crippen LogP contribution in [0.25, 0.3) is 0 Å². The van der Waals surface area contributed by atoms with Crippen molar-refractivity contribution in [1.29, 1.82) is 0 Å². The zero-order valence-electron chi connectivity index (χ0n) is 24.3. The summed E-state index contributed by atoms with van der Waals surface area (Å²) < 4.78 is 0.134. The number of rotatable bonds is 17. The fourth-order valence-electron chi connectivity index (χ4n) is 7.05. The molecule has 0 aromatic carbocycles. The Bertz CT molecular complexity index is 661. The third kappa shape index (κ3) is 7.02. The smallest absolute Gasteiger partial charge is 0.316 e.